The summed E-state index contributed by atoms with van der Waals surface area (Å²) in [5.74, 6) is 0. The molecule has 1 N–H and O–H groups in total. The van der Waals surface area contributed by atoms with Crippen molar-refractivity contribution in [2.45, 2.75) is 32.9 Å². The summed E-state index contributed by atoms with van der Waals surface area (Å²) in [7, 11) is 0. The maximum Gasteiger partial charge on any atom is 0.269 e. The number of aryl methyl sites for hydroxylation is 1. The predicted octanol–water partition coefficient (Wildman–Crippen LogP) is 4.01. The molecular weight excluding hydrogens is 264 g/mol. The van der Waals surface area contributed by atoms with Gasteiger partial charge in [0.1, 0.15) is 0 Å². The van der Waals surface area contributed by atoms with Gasteiger partial charge in [-0.2, -0.15) is 0 Å². The molecule has 0 radical (unpaired) electrons. The van der Waals surface area contributed by atoms with Gasteiger partial charge in [-0.15, -0.1) is 0 Å². The molecule has 4 nitrogen and oxygen atoms in total. The van der Waals surface area contributed by atoms with E-state index in [2.05, 4.69) is 24.4 Å². The first-order chi connectivity index (χ1) is 10.1. The van der Waals surface area contributed by atoms with Gasteiger partial charge in [-0.3, -0.25) is 10.1 Å². The average Bonchev–Trinajstić information content (AvgIpc) is 2.52. The predicted molar refractivity (Wildman–Crippen MR) is 84.2 cm³/mol. The lowest BCUT2D eigenvalue weighted by atomic mass is 10.0. The molecule has 0 saturated carbocycles. The van der Waals surface area contributed by atoms with Crippen LogP contribution in [0, 0.1) is 10.1 Å². The fraction of sp³-hybridized carbons (Fsp3) is 0.294. The molecule has 2 aromatic rings. The highest BCUT2D eigenvalue weighted by Gasteiger charge is 2.11. The Kier molecular flexibility index (Phi) is 5.06. The molecule has 4 heteroatoms. The first-order valence-electron chi connectivity index (χ1n) is 7.16. The number of rotatable bonds is 6. The molecule has 0 fully saturated rings. The molecule has 0 saturated heterocycles. The van der Waals surface area contributed by atoms with Gasteiger partial charge in [0.25, 0.3) is 5.69 Å². The smallest absolute Gasteiger partial charge is 0.269 e. The van der Waals surface area contributed by atoms with Crippen LogP contribution in [-0.4, -0.2) is 4.92 Å². The van der Waals surface area contributed by atoms with E-state index in [9.17, 15) is 10.1 Å². The van der Waals surface area contributed by atoms with Gasteiger partial charge in [-0.25, -0.2) is 0 Å². The molecule has 21 heavy (non-hydrogen) atoms. The monoisotopic (exact) mass is 284 g/mol. The molecule has 0 amide bonds. The van der Waals surface area contributed by atoms with Crippen LogP contribution in [0.4, 0.5) is 5.69 Å². The second kappa shape index (κ2) is 6.99. The minimum Gasteiger partial charge on any atom is -0.306 e. The third-order valence-electron chi connectivity index (χ3n) is 3.68. The van der Waals surface area contributed by atoms with Crippen LogP contribution in [0.1, 0.15) is 36.6 Å². The number of non-ortho nitro benzene ring substituents is 1. The van der Waals surface area contributed by atoms with E-state index >= 15 is 0 Å². The Bertz CT molecular complexity index is 626. The van der Waals surface area contributed by atoms with Crippen LogP contribution in [0.5, 0.6) is 0 Å². The number of nitro groups is 1. The number of hydrogen-bond donors (Lipinski definition) is 1. The molecule has 0 aliphatic carbocycles. The third kappa shape index (κ3) is 3.89. The first-order valence-corrected chi connectivity index (χ1v) is 7.16. The Hall–Kier alpha value is -2.20. The summed E-state index contributed by atoms with van der Waals surface area (Å²) in [6.07, 6.45) is 1.00. The first kappa shape index (κ1) is 15.2. The van der Waals surface area contributed by atoms with Crippen molar-refractivity contribution in [1.29, 1.82) is 0 Å². The lowest BCUT2D eigenvalue weighted by molar-refractivity contribution is -0.384. The minimum atomic E-state index is -0.359. The van der Waals surface area contributed by atoms with Crippen LogP contribution in [0.25, 0.3) is 0 Å². The lowest BCUT2D eigenvalue weighted by Gasteiger charge is -2.15. The number of nitrogens with one attached hydrogen (secondary N) is 1. The Balaban J connectivity index is 2.06. The van der Waals surface area contributed by atoms with Gasteiger partial charge >= 0.3 is 0 Å². The number of nitrogens with zero attached hydrogens (tertiary/aromatic N) is 1. The summed E-state index contributed by atoms with van der Waals surface area (Å²) < 4.78 is 0. The fourth-order valence-corrected chi connectivity index (χ4v) is 2.36. The van der Waals surface area contributed by atoms with Gasteiger partial charge in [-0.1, -0.05) is 43.3 Å². The average molecular weight is 284 g/mol. The van der Waals surface area contributed by atoms with E-state index in [0.29, 0.717) is 0 Å². The van der Waals surface area contributed by atoms with Crippen LogP contribution in [0.2, 0.25) is 0 Å². The van der Waals surface area contributed by atoms with Crippen molar-refractivity contribution in [3.05, 3.63) is 75.3 Å². The van der Waals surface area contributed by atoms with Crippen LogP contribution >= 0.6 is 0 Å². The minimum absolute atomic E-state index is 0.0646. The molecule has 0 bridgehead atoms. The van der Waals surface area contributed by atoms with Crippen LogP contribution in [0.15, 0.2) is 48.5 Å². The van der Waals surface area contributed by atoms with E-state index in [1.54, 1.807) is 12.1 Å². The highest BCUT2D eigenvalue weighted by Crippen LogP contribution is 2.19. The largest absolute Gasteiger partial charge is 0.306 e. The topological polar surface area (TPSA) is 55.2 Å². The standard InChI is InChI=1S/C17H20N2O2/c1-3-14-7-4-5-8-16(14)12-18-13(2)15-9-6-10-17(11-15)19(20)21/h4-11,13,18H,3,12H2,1-2H3. The van der Waals surface area contributed by atoms with Gasteiger partial charge in [0.2, 0.25) is 0 Å². The third-order valence-corrected chi connectivity index (χ3v) is 3.68. The number of benzene rings is 2. The molecule has 0 aromatic heterocycles. The summed E-state index contributed by atoms with van der Waals surface area (Å²) in [6.45, 7) is 4.92. The van der Waals surface area contributed by atoms with Crippen molar-refractivity contribution in [1.82, 2.24) is 5.32 Å². The van der Waals surface area contributed by atoms with E-state index in [1.807, 2.05) is 25.1 Å². The molecule has 110 valence electrons. The molecule has 0 heterocycles. The van der Waals surface area contributed by atoms with E-state index in [0.717, 1.165) is 18.5 Å². The Labute approximate surface area is 125 Å². The van der Waals surface area contributed by atoms with Crippen molar-refractivity contribution in [2.75, 3.05) is 0 Å². The summed E-state index contributed by atoms with van der Waals surface area (Å²) in [6, 6.07) is 15.2. The van der Waals surface area contributed by atoms with Crippen LogP contribution in [0.3, 0.4) is 0 Å². The fourth-order valence-electron chi connectivity index (χ4n) is 2.36. The quantitative estimate of drug-likeness (QED) is 0.644. The van der Waals surface area contributed by atoms with Crippen molar-refractivity contribution >= 4 is 5.69 Å². The van der Waals surface area contributed by atoms with Crippen molar-refractivity contribution in [3.63, 3.8) is 0 Å². The zero-order valence-electron chi connectivity index (χ0n) is 12.4. The van der Waals surface area contributed by atoms with Gasteiger partial charge in [0, 0.05) is 24.7 Å². The molecular formula is C17H20N2O2. The van der Waals surface area contributed by atoms with Crippen LogP contribution < -0.4 is 5.32 Å². The van der Waals surface area contributed by atoms with Crippen LogP contribution in [-0.2, 0) is 13.0 Å². The van der Waals surface area contributed by atoms with E-state index in [1.165, 1.54) is 17.2 Å². The highest BCUT2D eigenvalue weighted by molar-refractivity contribution is 5.35. The lowest BCUT2D eigenvalue weighted by Crippen LogP contribution is -2.19. The van der Waals surface area contributed by atoms with Crippen molar-refractivity contribution < 1.29 is 4.92 Å². The normalized spacial score (nSPS) is 12.1. The van der Waals surface area contributed by atoms with Gasteiger partial charge in [0.15, 0.2) is 0 Å². The molecule has 0 aliphatic rings. The summed E-state index contributed by atoms with van der Waals surface area (Å²) in [4.78, 5) is 10.5. The Morgan fingerprint density at radius 3 is 2.52 bits per heavy atom. The van der Waals surface area contributed by atoms with E-state index in [4.69, 9.17) is 0 Å². The second-order valence-electron chi connectivity index (χ2n) is 5.08. The zero-order chi connectivity index (χ0) is 15.2. The van der Waals surface area contributed by atoms with Gasteiger partial charge in [0.05, 0.1) is 4.92 Å². The van der Waals surface area contributed by atoms with Crippen molar-refractivity contribution in [3.8, 4) is 0 Å². The molecule has 0 spiro atoms. The Morgan fingerprint density at radius 2 is 1.86 bits per heavy atom. The van der Waals surface area contributed by atoms with Gasteiger partial charge in [-0.05, 0) is 30.0 Å². The van der Waals surface area contributed by atoms with E-state index in [-0.39, 0.29) is 16.7 Å². The van der Waals surface area contributed by atoms with Gasteiger partial charge < -0.3 is 5.32 Å². The Morgan fingerprint density at radius 1 is 1.14 bits per heavy atom. The summed E-state index contributed by atoms with van der Waals surface area (Å²) >= 11 is 0. The second-order valence-corrected chi connectivity index (χ2v) is 5.08. The maximum atomic E-state index is 10.8. The van der Waals surface area contributed by atoms with E-state index < -0.39 is 0 Å². The SMILES string of the molecule is CCc1ccccc1CNC(C)c1cccc([N+](=O)[O-])c1. The molecule has 1 unspecified atom stereocenters. The maximum absolute atomic E-state index is 10.8. The molecule has 1 atom stereocenters. The number of nitro benzene ring substituents is 1. The number of hydrogen-bond acceptors (Lipinski definition) is 3. The summed E-state index contributed by atoms with van der Waals surface area (Å²) in [5.41, 5.74) is 3.67. The zero-order valence-corrected chi connectivity index (χ0v) is 12.4. The van der Waals surface area contributed by atoms with Crippen molar-refractivity contribution in [2.24, 2.45) is 0 Å². The molecule has 0 aliphatic heterocycles. The summed E-state index contributed by atoms with van der Waals surface area (Å²) in [5, 5.41) is 14.3. The highest BCUT2D eigenvalue weighted by atomic mass is 16.6. The molecule has 2 rings (SSSR count). The molecule has 2 aromatic carbocycles.